The monoisotopic (exact) mass is 293 g/mol. The fourth-order valence-electron chi connectivity index (χ4n) is 2.62. The largest absolute Gasteiger partial charge is 0.377 e. The van der Waals surface area contributed by atoms with Crippen molar-refractivity contribution in [3.8, 4) is 0 Å². The van der Waals surface area contributed by atoms with Crippen LogP contribution in [0.5, 0.6) is 0 Å². The van der Waals surface area contributed by atoms with Gasteiger partial charge >= 0.3 is 0 Å². The fourth-order valence-corrected chi connectivity index (χ4v) is 2.62. The Morgan fingerprint density at radius 1 is 1.19 bits per heavy atom. The SMILES string of the molecule is COC1CN(c2cc(CN)cc(C(C)(C)C)n2)CC1OC. The second-order valence-electron chi connectivity index (χ2n) is 6.63. The molecule has 1 fully saturated rings. The molecule has 2 unspecified atom stereocenters. The third-order valence-electron chi connectivity index (χ3n) is 4.02. The molecular weight excluding hydrogens is 266 g/mol. The van der Waals surface area contributed by atoms with E-state index in [9.17, 15) is 0 Å². The van der Waals surface area contributed by atoms with Crippen LogP contribution in [0.4, 0.5) is 5.82 Å². The summed E-state index contributed by atoms with van der Waals surface area (Å²) in [6.45, 7) is 8.60. The van der Waals surface area contributed by atoms with E-state index in [4.69, 9.17) is 20.2 Å². The lowest BCUT2D eigenvalue weighted by atomic mass is 9.90. The first kappa shape index (κ1) is 16.2. The van der Waals surface area contributed by atoms with E-state index in [1.54, 1.807) is 14.2 Å². The molecule has 21 heavy (non-hydrogen) atoms. The van der Waals surface area contributed by atoms with Gasteiger partial charge in [-0.2, -0.15) is 0 Å². The van der Waals surface area contributed by atoms with Gasteiger partial charge in [0.15, 0.2) is 0 Å². The van der Waals surface area contributed by atoms with Gasteiger partial charge in [-0.3, -0.25) is 0 Å². The molecular formula is C16H27N3O2. The van der Waals surface area contributed by atoms with E-state index < -0.39 is 0 Å². The minimum Gasteiger partial charge on any atom is -0.377 e. The Morgan fingerprint density at radius 3 is 2.19 bits per heavy atom. The Bertz CT molecular complexity index is 473. The highest BCUT2D eigenvalue weighted by Crippen LogP contribution is 2.27. The van der Waals surface area contributed by atoms with E-state index in [-0.39, 0.29) is 17.6 Å². The highest BCUT2D eigenvalue weighted by molar-refractivity contribution is 5.45. The molecule has 1 aromatic heterocycles. The van der Waals surface area contributed by atoms with E-state index in [2.05, 4.69) is 37.8 Å². The fraction of sp³-hybridized carbons (Fsp3) is 0.688. The van der Waals surface area contributed by atoms with Gasteiger partial charge in [0.1, 0.15) is 18.0 Å². The summed E-state index contributed by atoms with van der Waals surface area (Å²) in [4.78, 5) is 7.05. The number of nitrogens with two attached hydrogens (primary N) is 1. The van der Waals surface area contributed by atoms with Gasteiger partial charge < -0.3 is 20.1 Å². The van der Waals surface area contributed by atoms with Crippen molar-refractivity contribution < 1.29 is 9.47 Å². The van der Waals surface area contributed by atoms with Crippen LogP contribution in [0.3, 0.4) is 0 Å². The van der Waals surface area contributed by atoms with Gasteiger partial charge in [0, 0.05) is 45.0 Å². The molecule has 0 amide bonds. The quantitative estimate of drug-likeness (QED) is 0.915. The van der Waals surface area contributed by atoms with Crippen LogP contribution in [0.1, 0.15) is 32.0 Å². The van der Waals surface area contributed by atoms with Crippen LogP contribution >= 0.6 is 0 Å². The smallest absolute Gasteiger partial charge is 0.129 e. The average Bonchev–Trinajstić information content (AvgIpc) is 2.89. The maximum atomic E-state index is 5.84. The molecule has 0 aliphatic carbocycles. The first-order valence-corrected chi connectivity index (χ1v) is 7.41. The molecule has 2 atom stereocenters. The molecule has 1 aliphatic heterocycles. The number of ether oxygens (including phenoxy) is 2. The predicted molar refractivity (Wildman–Crippen MR) is 84.6 cm³/mol. The topological polar surface area (TPSA) is 60.6 Å². The summed E-state index contributed by atoms with van der Waals surface area (Å²) in [5.74, 6) is 0.962. The second kappa shape index (κ2) is 6.30. The Balaban J connectivity index is 2.31. The van der Waals surface area contributed by atoms with Gasteiger partial charge in [0.25, 0.3) is 0 Å². The maximum Gasteiger partial charge on any atom is 0.129 e. The lowest BCUT2D eigenvalue weighted by Gasteiger charge is -2.23. The molecule has 5 nitrogen and oxygen atoms in total. The van der Waals surface area contributed by atoms with Gasteiger partial charge in [-0.05, 0) is 17.7 Å². The molecule has 2 rings (SSSR count). The number of nitrogens with zero attached hydrogens (tertiary/aromatic N) is 2. The number of pyridine rings is 1. The van der Waals surface area contributed by atoms with Crippen LogP contribution in [0.25, 0.3) is 0 Å². The molecule has 1 aromatic rings. The standard InChI is InChI=1S/C16H27N3O2/c1-16(2,3)14-6-11(8-17)7-15(18-14)19-9-12(20-4)13(10-19)21-5/h6-7,12-13H,8-10,17H2,1-5H3. The molecule has 0 bridgehead atoms. The van der Waals surface area contributed by atoms with Crippen LogP contribution in [-0.4, -0.2) is 44.5 Å². The Morgan fingerprint density at radius 2 is 1.76 bits per heavy atom. The van der Waals surface area contributed by atoms with Crippen molar-refractivity contribution in [2.24, 2.45) is 5.73 Å². The van der Waals surface area contributed by atoms with Gasteiger partial charge in [-0.1, -0.05) is 20.8 Å². The van der Waals surface area contributed by atoms with Crippen molar-refractivity contribution in [1.29, 1.82) is 0 Å². The average molecular weight is 293 g/mol. The summed E-state index contributed by atoms with van der Waals surface area (Å²) in [5.41, 5.74) is 8.02. The van der Waals surface area contributed by atoms with Crippen molar-refractivity contribution in [2.75, 3.05) is 32.2 Å². The van der Waals surface area contributed by atoms with Crippen LogP contribution in [-0.2, 0) is 21.4 Å². The molecule has 0 aromatic carbocycles. The second-order valence-corrected chi connectivity index (χ2v) is 6.63. The first-order valence-electron chi connectivity index (χ1n) is 7.41. The number of methoxy groups -OCH3 is 2. The van der Waals surface area contributed by atoms with Crippen molar-refractivity contribution >= 4 is 5.82 Å². The molecule has 2 N–H and O–H groups in total. The van der Waals surface area contributed by atoms with Crippen molar-refractivity contribution in [3.05, 3.63) is 23.4 Å². The zero-order valence-electron chi connectivity index (χ0n) is 13.7. The van der Waals surface area contributed by atoms with Gasteiger partial charge in [0.2, 0.25) is 0 Å². The summed E-state index contributed by atoms with van der Waals surface area (Å²) in [5, 5.41) is 0. The summed E-state index contributed by atoms with van der Waals surface area (Å²) >= 11 is 0. The molecule has 0 radical (unpaired) electrons. The zero-order chi connectivity index (χ0) is 15.6. The summed E-state index contributed by atoms with van der Waals surface area (Å²) in [6, 6.07) is 4.17. The number of anilines is 1. The Hall–Kier alpha value is -1.17. The van der Waals surface area contributed by atoms with Crippen molar-refractivity contribution in [3.63, 3.8) is 0 Å². The lowest BCUT2D eigenvalue weighted by molar-refractivity contribution is -0.00461. The minimum absolute atomic E-state index is 0.000962. The number of rotatable bonds is 4. The predicted octanol–water partition coefficient (Wildman–Crippen LogP) is 1.69. The normalized spacial score (nSPS) is 22.9. The number of hydrogen-bond donors (Lipinski definition) is 1. The molecule has 5 heteroatoms. The highest BCUT2D eigenvalue weighted by Gasteiger charge is 2.34. The van der Waals surface area contributed by atoms with Crippen LogP contribution in [0.2, 0.25) is 0 Å². The van der Waals surface area contributed by atoms with Crippen LogP contribution < -0.4 is 10.6 Å². The number of aromatic nitrogens is 1. The molecule has 1 saturated heterocycles. The highest BCUT2D eigenvalue weighted by atomic mass is 16.5. The number of hydrogen-bond acceptors (Lipinski definition) is 5. The Kier molecular flexibility index (Phi) is 4.86. The van der Waals surface area contributed by atoms with E-state index >= 15 is 0 Å². The maximum absolute atomic E-state index is 5.84. The first-order chi connectivity index (χ1) is 9.88. The molecule has 0 saturated carbocycles. The minimum atomic E-state index is 0.000962. The van der Waals surface area contributed by atoms with Gasteiger partial charge in [-0.15, -0.1) is 0 Å². The summed E-state index contributed by atoms with van der Waals surface area (Å²) in [7, 11) is 3.45. The Labute approximate surface area is 127 Å². The van der Waals surface area contributed by atoms with Crippen molar-refractivity contribution in [1.82, 2.24) is 4.98 Å². The van der Waals surface area contributed by atoms with Crippen LogP contribution in [0.15, 0.2) is 12.1 Å². The third kappa shape index (κ3) is 3.54. The van der Waals surface area contributed by atoms with E-state index in [0.717, 1.165) is 30.2 Å². The van der Waals surface area contributed by atoms with E-state index in [0.29, 0.717) is 6.54 Å². The molecule has 118 valence electrons. The lowest BCUT2D eigenvalue weighted by Crippen LogP contribution is -2.27. The van der Waals surface area contributed by atoms with Gasteiger partial charge in [-0.25, -0.2) is 4.98 Å². The van der Waals surface area contributed by atoms with Gasteiger partial charge in [0.05, 0.1) is 0 Å². The molecule has 1 aliphatic rings. The van der Waals surface area contributed by atoms with E-state index in [1.807, 2.05) is 0 Å². The molecule has 0 spiro atoms. The summed E-state index contributed by atoms with van der Waals surface area (Å²) < 4.78 is 11.0. The zero-order valence-corrected chi connectivity index (χ0v) is 13.7. The van der Waals surface area contributed by atoms with Crippen LogP contribution in [0, 0.1) is 0 Å². The molecule has 2 heterocycles. The van der Waals surface area contributed by atoms with E-state index in [1.165, 1.54) is 0 Å². The third-order valence-corrected chi connectivity index (χ3v) is 4.02. The van der Waals surface area contributed by atoms with Crippen molar-refractivity contribution in [2.45, 2.75) is 44.9 Å². The summed E-state index contributed by atoms with van der Waals surface area (Å²) in [6.07, 6.45) is 0.160.